The van der Waals surface area contributed by atoms with E-state index in [1.54, 1.807) is 26.0 Å². The molecule has 0 unspecified atom stereocenters. The molecular formula is C21H26ClNO3S. The predicted molar refractivity (Wildman–Crippen MR) is 112 cm³/mol. The third kappa shape index (κ3) is 6.67. The lowest BCUT2D eigenvalue weighted by molar-refractivity contribution is -0.121. The maximum absolute atomic E-state index is 12.3. The molecule has 0 aliphatic heterocycles. The minimum Gasteiger partial charge on any atom is -0.493 e. The van der Waals surface area contributed by atoms with E-state index in [-0.39, 0.29) is 11.9 Å². The number of thioether (sulfide) groups is 1. The molecule has 2 rings (SSSR count). The van der Waals surface area contributed by atoms with Crippen molar-refractivity contribution >= 4 is 29.3 Å². The van der Waals surface area contributed by atoms with Crippen LogP contribution in [0.15, 0.2) is 47.4 Å². The van der Waals surface area contributed by atoms with Crippen molar-refractivity contribution in [3.8, 4) is 11.5 Å². The van der Waals surface area contributed by atoms with Crippen LogP contribution in [0.5, 0.6) is 11.5 Å². The standard InChI is InChI=1S/C21H26ClNO3S/c1-4-18(15-7-12-19(25-2)20(14-15)26-3)23-21(24)6-5-13-27-17-10-8-16(22)9-11-17/h7-12,14,18H,4-6,13H2,1-3H3,(H,23,24)/t18-/m0/s1. The number of rotatable bonds is 10. The average molecular weight is 408 g/mol. The Kier molecular flexibility index (Phi) is 8.82. The number of amides is 1. The Morgan fingerprint density at radius 1 is 1.11 bits per heavy atom. The molecule has 6 heteroatoms. The SMILES string of the molecule is CC[C@H](NC(=O)CCCSc1ccc(Cl)cc1)c1ccc(OC)c(OC)c1. The van der Waals surface area contributed by atoms with Crippen LogP contribution in [0.25, 0.3) is 0 Å². The summed E-state index contributed by atoms with van der Waals surface area (Å²) < 4.78 is 10.6. The quantitative estimate of drug-likeness (QED) is 0.417. The lowest BCUT2D eigenvalue weighted by atomic mass is 10.0. The van der Waals surface area contributed by atoms with E-state index in [4.69, 9.17) is 21.1 Å². The van der Waals surface area contributed by atoms with Gasteiger partial charge >= 0.3 is 0 Å². The van der Waals surface area contributed by atoms with E-state index in [0.29, 0.717) is 17.9 Å². The van der Waals surface area contributed by atoms with Crippen LogP contribution in [-0.4, -0.2) is 25.9 Å². The van der Waals surface area contributed by atoms with Gasteiger partial charge in [0.2, 0.25) is 5.91 Å². The molecule has 1 amide bonds. The molecule has 0 fully saturated rings. The fourth-order valence-corrected chi connectivity index (χ4v) is 3.69. The van der Waals surface area contributed by atoms with Gasteiger partial charge < -0.3 is 14.8 Å². The second kappa shape index (κ2) is 11.1. The van der Waals surface area contributed by atoms with Crippen molar-refractivity contribution in [1.82, 2.24) is 5.32 Å². The predicted octanol–water partition coefficient (Wildman–Crippen LogP) is 5.50. The number of methoxy groups -OCH3 is 2. The molecular weight excluding hydrogens is 382 g/mol. The van der Waals surface area contributed by atoms with Gasteiger partial charge in [-0.15, -0.1) is 11.8 Å². The molecule has 0 aliphatic rings. The first kappa shape index (κ1) is 21.5. The van der Waals surface area contributed by atoms with E-state index in [0.717, 1.165) is 34.1 Å². The molecule has 2 aromatic rings. The number of carbonyl (C=O) groups excluding carboxylic acids is 1. The zero-order valence-electron chi connectivity index (χ0n) is 16.0. The number of ether oxygens (including phenoxy) is 2. The Bertz CT molecular complexity index is 737. The van der Waals surface area contributed by atoms with E-state index in [9.17, 15) is 4.79 Å². The van der Waals surface area contributed by atoms with Gasteiger partial charge in [-0.3, -0.25) is 4.79 Å². The first-order valence-electron chi connectivity index (χ1n) is 8.97. The van der Waals surface area contributed by atoms with E-state index in [2.05, 4.69) is 12.2 Å². The average Bonchev–Trinajstić information content (AvgIpc) is 2.70. The lowest BCUT2D eigenvalue weighted by Crippen LogP contribution is -2.28. The van der Waals surface area contributed by atoms with Crippen molar-refractivity contribution < 1.29 is 14.3 Å². The van der Waals surface area contributed by atoms with Crippen LogP contribution in [-0.2, 0) is 4.79 Å². The number of benzene rings is 2. The topological polar surface area (TPSA) is 47.6 Å². The molecule has 27 heavy (non-hydrogen) atoms. The summed E-state index contributed by atoms with van der Waals surface area (Å²) >= 11 is 7.62. The molecule has 1 N–H and O–H groups in total. The third-order valence-electron chi connectivity index (χ3n) is 4.18. The van der Waals surface area contributed by atoms with Gasteiger partial charge in [0.1, 0.15) is 0 Å². The molecule has 0 aliphatic carbocycles. The zero-order valence-corrected chi connectivity index (χ0v) is 17.5. The zero-order chi connectivity index (χ0) is 19.6. The summed E-state index contributed by atoms with van der Waals surface area (Å²) in [6, 6.07) is 13.5. The second-order valence-electron chi connectivity index (χ2n) is 6.05. The van der Waals surface area contributed by atoms with E-state index in [1.165, 1.54) is 0 Å². The first-order valence-corrected chi connectivity index (χ1v) is 10.3. The van der Waals surface area contributed by atoms with Gasteiger partial charge in [-0.2, -0.15) is 0 Å². The van der Waals surface area contributed by atoms with Gasteiger partial charge in [0.05, 0.1) is 20.3 Å². The molecule has 0 saturated heterocycles. The van der Waals surface area contributed by atoms with Crippen molar-refractivity contribution in [2.75, 3.05) is 20.0 Å². The maximum atomic E-state index is 12.3. The molecule has 1 atom stereocenters. The molecule has 0 saturated carbocycles. The Morgan fingerprint density at radius 2 is 1.81 bits per heavy atom. The van der Waals surface area contributed by atoms with Crippen LogP contribution in [0.4, 0.5) is 0 Å². The van der Waals surface area contributed by atoms with E-state index >= 15 is 0 Å². The number of halogens is 1. The summed E-state index contributed by atoms with van der Waals surface area (Å²) in [4.78, 5) is 13.5. The largest absolute Gasteiger partial charge is 0.493 e. The van der Waals surface area contributed by atoms with Crippen molar-refractivity contribution in [2.45, 2.75) is 37.1 Å². The number of carbonyl (C=O) groups is 1. The second-order valence-corrected chi connectivity index (χ2v) is 7.65. The van der Waals surface area contributed by atoms with Crippen LogP contribution in [0.3, 0.4) is 0 Å². The fraction of sp³-hybridized carbons (Fsp3) is 0.381. The smallest absolute Gasteiger partial charge is 0.220 e. The Hall–Kier alpha value is -1.85. The lowest BCUT2D eigenvalue weighted by Gasteiger charge is -2.19. The minimum atomic E-state index is -0.0405. The molecule has 146 valence electrons. The van der Waals surface area contributed by atoms with Crippen molar-refractivity contribution in [1.29, 1.82) is 0 Å². The highest BCUT2D eigenvalue weighted by Crippen LogP contribution is 2.31. The van der Waals surface area contributed by atoms with Crippen molar-refractivity contribution in [3.05, 3.63) is 53.1 Å². The van der Waals surface area contributed by atoms with E-state index < -0.39 is 0 Å². The van der Waals surface area contributed by atoms with Crippen LogP contribution in [0.1, 0.15) is 37.8 Å². The molecule has 2 aromatic carbocycles. The van der Waals surface area contributed by atoms with Crippen LogP contribution in [0.2, 0.25) is 5.02 Å². The molecule has 0 radical (unpaired) electrons. The van der Waals surface area contributed by atoms with Crippen LogP contribution < -0.4 is 14.8 Å². The molecule has 0 bridgehead atoms. The fourth-order valence-electron chi connectivity index (χ4n) is 2.71. The third-order valence-corrected chi connectivity index (χ3v) is 5.53. The number of hydrogen-bond donors (Lipinski definition) is 1. The summed E-state index contributed by atoms with van der Waals surface area (Å²) in [6.45, 7) is 2.05. The summed E-state index contributed by atoms with van der Waals surface area (Å²) in [5.74, 6) is 2.31. The van der Waals surface area contributed by atoms with Crippen LogP contribution in [0, 0.1) is 0 Å². The van der Waals surface area contributed by atoms with Gasteiger partial charge in [0, 0.05) is 16.3 Å². The van der Waals surface area contributed by atoms with Crippen LogP contribution >= 0.6 is 23.4 Å². The first-order chi connectivity index (χ1) is 13.1. The summed E-state index contributed by atoms with van der Waals surface area (Å²) in [5, 5.41) is 3.85. The number of nitrogens with one attached hydrogen (secondary N) is 1. The summed E-state index contributed by atoms with van der Waals surface area (Å²) in [7, 11) is 3.22. The number of hydrogen-bond acceptors (Lipinski definition) is 4. The van der Waals surface area contributed by atoms with Gasteiger partial charge in [-0.05, 0) is 60.6 Å². The highest BCUT2D eigenvalue weighted by Gasteiger charge is 2.15. The highest BCUT2D eigenvalue weighted by atomic mass is 35.5. The maximum Gasteiger partial charge on any atom is 0.220 e. The van der Waals surface area contributed by atoms with Gasteiger partial charge in [-0.25, -0.2) is 0 Å². The van der Waals surface area contributed by atoms with Gasteiger partial charge in [-0.1, -0.05) is 24.6 Å². The van der Waals surface area contributed by atoms with Crippen molar-refractivity contribution in [2.24, 2.45) is 0 Å². The summed E-state index contributed by atoms with van der Waals surface area (Å²) in [6.07, 6.45) is 2.13. The van der Waals surface area contributed by atoms with E-state index in [1.807, 2.05) is 42.5 Å². The Balaban J connectivity index is 1.83. The van der Waals surface area contributed by atoms with Gasteiger partial charge in [0.25, 0.3) is 0 Å². The monoisotopic (exact) mass is 407 g/mol. The highest BCUT2D eigenvalue weighted by molar-refractivity contribution is 7.99. The normalized spacial score (nSPS) is 11.7. The molecule has 0 spiro atoms. The summed E-state index contributed by atoms with van der Waals surface area (Å²) in [5.41, 5.74) is 1.01. The van der Waals surface area contributed by atoms with Crippen molar-refractivity contribution in [3.63, 3.8) is 0 Å². The Labute approximate surface area is 170 Å². The Morgan fingerprint density at radius 3 is 2.44 bits per heavy atom. The molecule has 0 aromatic heterocycles. The molecule has 4 nitrogen and oxygen atoms in total. The van der Waals surface area contributed by atoms with Gasteiger partial charge in [0.15, 0.2) is 11.5 Å². The minimum absolute atomic E-state index is 0.0405. The molecule has 0 heterocycles.